The van der Waals surface area contributed by atoms with Crippen molar-refractivity contribution in [2.45, 2.75) is 26.4 Å². The summed E-state index contributed by atoms with van der Waals surface area (Å²) in [5.74, 6) is 0.642. The number of hydrogen-bond donors (Lipinski definition) is 2. The van der Waals surface area contributed by atoms with Crippen LogP contribution in [-0.4, -0.2) is 32.8 Å². The summed E-state index contributed by atoms with van der Waals surface area (Å²) in [6.07, 6.45) is -0.871. The van der Waals surface area contributed by atoms with Gasteiger partial charge in [-0.3, -0.25) is 4.84 Å². The van der Waals surface area contributed by atoms with Gasteiger partial charge in [-0.1, -0.05) is 19.1 Å². The molecule has 6 nitrogen and oxygen atoms in total. The molecule has 6 heteroatoms. The van der Waals surface area contributed by atoms with Crippen molar-refractivity contribution in [1.82, 2.24) is 15.0 Å². The van der Waals surface area contributed by atoms with Crippen LogP contribution in [0.1, 0.15) is 32.2 Å². The Bertz CT molecular complexity index is 534. The fraction of sp³-hybridized carbons (Fsp3) is 0.385. The minimum absolute atomic E-state index is 0.270. The number of rotatable bonds is 5. The molecular weight excluding hydrogens is 246 g/mol. The highest BCUT2D eigenvalue weighted by atomic mass is 16.7. The van der Waals surface area contributed by atoms with Gasteiger partial charge in [0.25, 0.3) is 0 Å². The van der Waals surface area contributed by atoms with Crippen LogP contribution in [0.15, 0.2) is 24.3 Å². The second-order valence-corrected chi connectivity index (χ2v) is 4.12. The molecule has 19 heavy (non-hydrogen) atoms. The summed E-state index contributed by atoms with van der Waals surface area (Å²) in [7, 11) is 0. The monoisotopic (exact) mass is 263 g/mol. The van der Waals surface area contributed by atoms with Crippen molar-refractivity contribution in [3.05, 3.63) is 30.1 Å². The summed E-state index contributed by atoms with van der Waals surface area (Å²) in [6, 6.07) is 7.65. The van der Waals surface area contributed by atoms with E-state index >= 15 is 0 Å². The molecule has 0 aliphatic heterocycles. The molecule has 1 unspecified atom stereocenters. The molecule has 2 rings (SSSR count). The molecule has 1 heterocycles. The smallest absolute Gasteiger partial charge is 0.431 e. The summed E-state index contributed by atoms with van der Waals surface area (Å²) >= 11 is 0. The fourth-order valence-electron chi connectivity index (χ4n) is 1.85. The largest absolute Gasteiger partial charge is 0.463 e. The predicted molar refractivity (Wildman–Crippen MR) is 70.6 cm³/mol. The molecule has 0 bridgehead atoms. The molecule has 1 aromatic heterocycles. The van der Waals surface area contributed by atoms with E-state index in [0.29, 0.717) is 12.2 Å². The van der Waals surface area contributed by atoms with Crippen LogP contribution in [0.25, 0.3) is 11.0 Å². The van der Waals surface area contributed by atoms with Gasteiger partial charge in [-0.05, 0) is 25.5 Å². The number of amides is 1. The lowest BCUT2D eigenvalue weighted by molar-refractivity contribution is -0.173. The van der Waals surface area contributed by atoms with Gasteiger partial charge in [0.05, 0.1) is 11.0 Å². The number of para-hydroxylation sites is 2. The average Bonchev–Trinajstić information content (AvgIpc) is 2.83. The molecule has 0 spiro atoms. The van der Waals surface area contributed by atoms with Crippen LogP contribution in [0.3, 0.4) is 0 Å². The molecule has 0 radical (unpaired) electrons. The SMILES string of the molecule is CCC(ON(CC)C(=O)O)c1nc2ccccc2[nH]1. The maximum Gasteiger partial charge on any atom is 0.431 e. The van der Waals surface area contributed by atoms with Crippen LogP contribution in [0.4, 0.5) is 4.79 Å². The molecule has 1 amide bonds. The van der Waals surface area contributed by atoms with E-state index in [1.807, 2.05) is 31.2 Å². The Morgan fingerprint density at radius 2 is 2.21 bits per heavy atom. The first kappa shape index (κ1) is 13.4. The highest BCUT2D eigenvalue weighted by Gasteiger charge is 2.21. The lowest BCUT2D eigenvalue weighted by Gasteiger charge is -2.21. The van der Waals surface area contributed by atoms with Gasteiger partial charge in [0.1, 0.15) is 11.9 Å². The summed E-state index contributed by atoms with van der Waals surface area (Å²) < 4.78 is 0. The lowest BCUT2D eigenvalue weighted by Crippen LogP contribution is -2.31. The number of hydroxylamine groups is 2. The Morgan fingerprint density at radius 1 is 1.47 bits per heavy atom. The third kappa shape index (κ3) is 2.85. The first-order chi connectivity index (χ1) is 9.15. The number of aromatic nitrogens is 2. The minimum atomic E-state index is -1.10. The normalized spacial score (nSPS) is 12.5. The highest BCUT2D eigenvalue weighted by molar-refractivity contribution is 5.74. The third-order valence-corrected chi connectivity index (χ3v) is 2.84. The van der Waals surface area contributed by atoms with Gasteiger partial charge in [0, 0.05) is 6.54 Å². The number of imidazole rings is 1. The number of fused-ring (bicyclic) bond motifs is 1. The summed E-state index contributed by atoms with van der Waals surface area (Å²) in [6.45, 7) is 3.92. The molecule has 0 fully saturated rings. The Hall–Kier alpha value is -2.08. The molecule has 1 aromatic carbocycles. The molecule has 102 valence electrons. The Balaban J connectivity index is 2.23. The van der Waals surface area contributed by atoms with Gasteiger partial charge < -0.3 is 10.1 Å². The first-order valence-electron chi connectivity index (χ1n) is 6.27. The van der Waals surface area contributed by atoms with E-state index in [9.17, 15) is 4.79 Å². The van der Waals surface area contributed by atoms with Crippen molar-refractivity contribution in [2.75, 3.05) is 6.54 Å². The van der Waals surface area contributed by atoms with Crippen LogP contribution < -0.4 is 0 Å². The Labute approximate surface area is 111 Å². The van der Waals surface area contributed by atoms with Crippen molar-refractivity contribution in [3.8, 4) is 0 Å². The van der Waals surface area contributed by atoms with Gasteiger partial charge in [-0.15, -0.1) is 0 Å². The van der Waals surface area contributed by atoms with Crippen molar-refractivity contribution in [2.24, 2.45) is 0 Å². The number of H-pyrrole nitrogens is 1. The number of nitrogens with zero attached hydrogens (tertiary/aromatic N) is 2. The van der Waals surface area contributed by atoms with Crippen LogP contribution in [-0.2, 0) is 4.84 Å². The maximum absolute atomic E-state index is 11.0. The number of hydrogen-bond acceptors (Lipinski definition) is 3. The summed E-state index contributed by atoms with van der Waals surface area (Å²) in [4.78, 5) is 24.0. The van der Waals surface area contributed by atoms with Crippen molar-refractivity contribution in [1.29, 1.82) is 0 Å². The molecular formula is C13H17N3O3. The van der Waals surface area contributed by atoms with E-state index in [1.165, 1.54) is 0 Å². The number of aromatic amines is 1. The maximum atomic E-state index is 11.0. The zero-order valence-electron chi connectivity index (χ0n) is 11.0. The summed E-state index contributed by atoms with van der Waals surface area (Å²) in [5, 5.41) is 9.89. The van der Waals surface area contributed by atoms with Gasteiger partial charge in [-0.25, -0.2) is 9.78 Å². The topological polar surface area (TPSA) is 78.4 Å². The number of nitrogens with one attached hydrogen (secondary N) is 1. The Kier molecular flexibility index (Phi) is 4.01. The fourth-order valence-corrected chi connectivity index (χ4v) is 1.85. The van der Waals surface area contributed by atoms with E-state index in [1.54, 1.807) is 6.92 Å². The number of benzene rings is 1. The van der Waals surface area contributed by atoms with Crippen molar-refractivity contribution >= 4 is 17.1 Å². The van der Waals surface area contributed by atoms with Crippen LogP contribution in [0.2, 0.25) is 0 Å². The van der Waals surface area contributed by atoms with Crippen LogP contribution in [0.5, 0.6) is 0 Å². The quantitative estimate of drug-likeness (QED) is 0.813. The van der Waals surface area contributed by atoms with E-state index in [4.69, 9.17) is 9.94 Å². The number of carboxylic acid groups (broad SMARTS) is 1. The van der Waals surface area contributed by atoms with Crippen molar-refractivity contribution in [3.63, 3.8) is 0 Å². The molecule has 1 atom stereocenters. The lowest BCUT2D eigenvalue weighted by atomic mass is 10.3. The standard InChI is InChI=1S/C13H17N3O3/c1-3-11(19-16(4-2)13(17)18)12-14-9-7-5-6-8-10(9)15-12/h5-8,11H,3-4H2,1-2H3,(H,14,15)(H,17,18). The minimum Gasteiger partial charge on any atom is -0.463 e. The van der Waals surface area contributed by atoms with E-state index < -0.39 is 12.2 Å². The van der Waals surface area contributed by atoms with Gasteiger partial charge in [0.15, 0.2) is 0 Å². The molecule has 0 aliphatic carbocycles. The predicted octanol–water partition coefficient (Wildman–Crippen LogP) is 2.95. The molecule has 0 saturated carbocycles. The molecule has 0 aliphatic rings. The molecule has 2 N–H and O–H groups in total. The first-order valence-corrected chi connectivity index (χ1v) is 6.27. The average molecular weight is 263 g/mol. The van der Waals surface area contributed by atoms with Gasteiger partial charge >= 0.3 is 6.09 Å². The number of carbonyl (C=O) groups is 1. The Morgan fingerprint density at radius 3 is 2.79 bits per heavy atom. The van der Waals surface area contributed by atoms with E-state index in [2.05, 4.69) is 9.97 Å². The second kappa shape index (κ2) is 5.71. The van der Waals surface area contributed by atoms with E-state index in [0.717, 1.165) is 16.1 Å². The highest BCUT2D eigenvalue weighted by Crippen LogP contribution is 2.22. The van der Waals surface area contributed by atoms with E-state index in [-0.39, 0.29) is 6.54 Å². The second-order valence-electron chi connectivity index (χ2n) is 4.12. The zero-order valence-corrected chi connectivity index (χ0v) is 11.0. The zero-order chi connectivity index (χ0) is 13.8. The summed E-state index contributed by atoms with van der Waals surface area (Å²) in [5.41, 5.74) is 1.76. The molecule has 2 aromatic rings. The van der Waals surface area contributed by atoms with Crippen LogP contribution >= 0.6 is 0 Å². The molecule has 0 saturated heterocycles. The van der Waals surface area contributed by atoms with Gasteiger partial charge in [0.2, 0.25) is 0 Å². The van der Waals surface area contributed by atoms with Gasteiger partial charge in [-0.2, -0.15) is 5.06 Å². The van der Waals surface area contributed by atoms with Crippen molar-refractivity contribution < 1.29 is 14.7 Å². The third-order valence-electron chi connectivity index (χ3n) is 2.84. The van der Waals surface area contributed by atoms with Crippen LogP contribution in [0, 0.1) is 0 Å².